The molecule has 18 atom stereocenters. The lowest BCUT2D eigenvalue weighted by Gasteiger charge is -2.49. The van der Waals surface area contributed by atoms with E-state index in [4.69, 9.17) is 42.6 Å². The Labute approximate surface area is 442 Å². The summed E-state index contributed by atoms with van der Waals surface area (Å²) in [5.41, 5.74) is -3.99. The number of carboxylic acids is 1. The molecule has 5 N–H and O–H groups in total. The summed E-state index contributed by atoms with van der Waals surface area (Å²) >= 11 is 0. The molecule has 1 aromatic heterocycles. The van der Waals surface area contributed by atoms with Crippen LogP contribution >= 0.6 is 0 Å². The summed E-state index contributed by atoms with van der Waals surface area (Å²) in [6.45, 7) is 19.3. The topological polar surface area (TPSA) is 247 Å². The summed E-state index contributed by atoms with van der Waals surface area (Å²) < 4.78 is 58.8. The van der Waals surface area contributed by atoms with Gasteiger partial charge in [0.1, 0.15) is 54.5 Å². The number of hydrogen-bond acceptors (Lipinski definition) is 18. The highest BCUT2D eigenvalue weighted by Gasteiger charge is 2.53. The summed E-state index contributed by atoms with van der Waals surface area (Å²) in [6.07, 6.45) is -3.18. The second-order valence-corrected chi connectivity index (χ2v) is 22.7. The quantitative estimate of drug-likeness (QED) is 0.0957. The predicted molar refractivity (Wildman–Crippen MR) is 277 cm³/mol. The third kappa shape index (κ3) is 13.6. The van der Waals surface area contributed by atoms with E-state index in [-0.39, 0.29) is 61.5 Å². The Morgan fingerprint density at radius 2 is 1.68 bits per heavy atom. The molecule has 0 aliphatic carbocycles. The van der Waals surface area contributed by atoms with E-state index in [2.05, 4.69) is 0 Å². The van der Waals surface area contributed by atoms with Crippen molar-refractivity contribution in [2.24, 2.45) is 17.8 Å². The molecular weight excluding hydrogens is 975 g/mol. The van der Waals surface area contributed by atoms with Crippen LogP contribution in [0.4, 0.5) is 0 Å². The maximum absolute atomic E-state index is 14.6. The number of carbonyl (C=O) groups is 2. The van der Waals surface area contributed by atoms with Crippen molar-refractivity contribution in [3.05, 3.63) is 52.0 Å². The molecule has 2 aromatic rings. The van der Waals surface area contributed by atoms with Gasteiger partial charge in [0.25, 0.3) is 0 Å². The molecule has 5 heterocycles. The van der Waals surface area contributed by atoms with Crippen molar-refractivity contribution >= 4 is 22.8 Å². The van der Waals surface area contributed by atoms with Crippen LogP contribution in [-0.4, -0.2) is 197 Å². The molecule has 75 heavy (non-hydrogen) atoms. The lowest BCUT2D eigenvalue weighted by molar-refractivity contribution is -0.321. The number of carboxylic acid groups (broad SMARTS) is 1. The number of likely N-dealkylation sites (N-methyl/N-ethyl adjacent to an activating group) is 2. The average molecular weight is 1060 g/mol. The number of hydrogen-bond donors (Lipinski definition) is 5. The Morgan fingerprint density at radius 1 is 0.973 bits per heavy atom. The molecule has 0 amide bonds. The Kier molecular flexibility index (Phi) is 20.1. The van der Waals surface area contributed by atoms with E-state index in [1.807, 2.05) is 71.6 Å². The zero-order chi connectivity index (χ0) is 55.5. The number of esters is 1. The van der Waals surface area contributed by atoms with E-state index in [9.17, 15) is 39.9 Å². The van der Waals surface area contributed by atoms with Gasteiger partial charge >= 0.3 is 11.9 Å². The zero-order valence-corrected chi connectivity index (χ0v) is 46.6. The van der Waals surface area contributed by atoms with E-state index in [0.717, 1.165) is 5.56 Å². The number of rotatable bonds is 15. The second kappa shape index (κ2) is 24.9. The Balaban J connectivity index is 1.21. The molecule has 0 spiro atoms. The van der Waals surface area contributed by atoms with Crippen LogP contribution < -0.4 is 10.2 Å². The summed E-state index contributed by atoms with van der Waals surface area (Å²) in [7, 11) is 7.17. The number of methoxy groups -OCH3 is 1. The zero-order valence-electron chi connectivity index (χ0n) is 46.6. The summed E-state index contributed by atoms with van der Waals surface area (Å²) in [5, 5.41) is 58.0. The number of benzene rings is 1. The molecule has 1 unspecified atom stereocenters. The molecule has 4 aliphatic rings. The normalized spacial score (nSPS) is 38.7. The minimum Gasteiger partial charge on any atom is -0.499 e. The van der Waals surface area contributed by atoms with Gasteiger partial charge < -0.3 is 82.5 Å². The summed E-state index contributed by atoms with van der Waals surface area (Å²) in [6, 6.07) is 2.64. The van der Waals surface area contributed by atoms with Crippen LogP contribution in [0.25, 0.3) is 10.9 Å². The number of nitrogens with zero attached hydrogens (tertiary/aromatic N) is 3. The van der Waals surface area contributed by atoms with Gasteiger partial charge in [-0.1, -0.05) is 20.8 Å². The van der Waals surface area contributed by atoms with Crippen molar-refractivity contribution in [3.8, 4) is 5.75 Å². The molecule has 1 aromatic carbocycles. The van der Waals surface area contributed by atoms with Crippen molar-refractivity contribution in [3.63, 3.8) is 0 Å². The summed E-state index contributed by atoms with van der Waals surface area (Å²) in [4.78, 5) is 43.3. The average Bonchev–Trinajstić information content (AvgIpc) is 3.34. The van der Waals surface area contributed by atoms with E-state index in [1.165, 1.54) is 19.4 Å². The van der Waals surface area contributed by atoms with Gasteiger partial charge in [0.2, 0.25) is 5.43 Å². The summed E-state index contributed by atoms with van der Waals surface area (Å²) in [5.74, 6) is -3.53. The van der Waals surface area contributed by atoms with Gasteiger partial charge in [0, 0.05) is 44.3 Å². The van der Waals surface area contributed by atoms with Gasteiger partial charge in [0.05, 0.1) is 71.9 Å². The minimum absolute atomic E-state index is 0.148. The number of aliphatic hydroxyl groups is 4. The SMILES string of the molecule is CC[C@H]1OC(=O)[C@H](C)[C@@H](OC2C[C@@](C)(OC)[C@@H](OCCOC=CCc3cc4c5c(c3)c(=O)c(C(=O)O)cn5CCO4)[C@H](C)O2)[C@H](C)[C@@H](O[C@@H]2O[C@H](C)C[C@H](N(C)C)[C@H]2O)[C@](C)(O)C[C@@H](C)CN(C)[C@H](C)[C@H](O)[C@]1(C)O. The molecule has 0 saturated carbocycles. The molecule has 3 fully saturated rings. The largest absolute Gasteiger partial charge is 0.499 e. The lowest BCUT2D eigenvalue weighted by Crippen LogP contribution is -2.61. The molecule has 0 radical (unpaired) electrons. The monoisotopic (exact) mass is 1060 g/mol. The number of ether oxygens (including phenoxy) is 9. The molecule has 424 valence electrons. The lowest BCUT2D eigenvalue weighted by atomic mass is 9.77. The highest BCUT2D eigenvalue weighted by atomic mass is 16.7. The highest BCUT2D eigenvalue weighted by Crippen LogP contribution is 2.41. The third-order valence-corrected chi connectivity index (χ3v) is 16.2. The number of aromatic nitrogens is 1. The van der Waals surface area contributed by atoms with Crippen molar-refractivity contribution in [2.75, 3.05) is 54.6 Å². The van der Waals surface area contributed by atoms with Crippen LogP contribution in [0.3, 0.4) is 0 Å². The molecule has 20 heteroatoms. The van der Waals surface area contributed by atoms with Crippen molar-refractivity contribution < 1.29 is 77.8 Å². The fraction of sp³-hybridized carbons (Fsp3) is 0.764. The van der Waals surface area contributed by atoms with Crippen molar-refractivity contribution in [1.82, 2.24) is 14.4 Å². The Bertz CT molecular complexity index is 2340. The first-order valence-electron chi connectivity index (χ1n) is 26.6. The maximum atomic E-state index is 14.6. The predicted octanol–water partition coefficient (Wildman–Crippen LogP) is 4.10. The number of aliphatic hydroxyl groups excluding tert-OH is 2. The Morgan fingerprint density at radius 3 is 2.33 bits per heavy atom. The van der Waals surface area contributed by atoms with Gasteiger partial charge in [-0.05, 0) is 125 Å². The van der Waals surface area contributed by atoms with E-state index < -0.39 is 107 Å². The van der Waals surface area contributed by atoms with Crippen LogP contribution in [0.15, 0.2) is 35.5 Å². The van der Waals surface area contributed by atoms with Crippen LogP contribution in [0.1, 0.15) is 111 Å². The molecular formula is C55H87N3O17. The van der Waals surface area contributed by atoms with E-state index >= 15 is 0 Å². The molecule has 0 bridgehead atoms. The highest BCUT2D eigenvalue weighted by molar-refractivity contribution is 5.94. The van der Waals surface area contributed by atoms with Gasteiger partial charge in [-0.15, -0.1) is 0 Å². The third-order valence-electron chi connectivity index (χ3n) is 16.2. The van der Waals surface area contributed by atoms with E-state index in [1.54, 1.807) is 51.5 Å². The van der Waals surface area contributed by atoms with Crippen LogP contribution in [-0.2, 0) is 55.7 Å². The fourth-order valence-electron chi connectivity index (χ4n) is 11.9. The smallest absolute Gasteiger partial charge is 0.341 e. The van der Waals surface area contributed by atoms with Crippen LogP contribution in [0.2, 0.25) is 0 Å². The number of pyridine rings is 1. The molecule has 3 saturated heterocycles. The Hall–Kier alpha value is -3.77. The van der Waals surface area contributed by atoms with Crippen LogP contribution in [0, 0.1) is 17.8 Å². The first-order chi connectivity index (χ1) is 35.1. The van der Waals surface area contributed by atoms with Gasteiger partial charge in [0.15, 0.2) is 12.6 Å². The number of aromatic carboxylic acids is 1. The first-order valence-corrected chi connectivity index (χ1v) is 26.6. The molecule has 20 nitrogen and oxygen atoms in total. The van der Waals surface area contributed by atoms with E-state index in [0.29, 0.717) is 43.8 Å². The van der Waals surface area contributed by atoms with Crippen molar-refractivity contribution in [2.45, 2.75) is 198 Å². The fourth-order valence-corrected chi connectivity index (χ4v) is 11.9. The van der Waals surface area contributed by atoms with Gasteiger partial charge in [-0.3, -0.25) is 9.59 Å². The minimum atomic E-state index is -1.85. The van der Waals surface area contributed by atoms with Gasteiger partial charge in [-0.2, -0.15) is 0 Å². The second-order valence-electron chi connectivity index (χ2n) is 22.7. The van der Waals surface area contributed by atoms with Gasteiger partial charge in [-0.25, -0.2) is 4.79 Å². The van der Waals surface area contributed by atoms with Crippen molar-refractivity contribution in [1.29, 1.82) is 0 Å². The standard InChI is InChI=1S/C55H87N3O17/c1-15-41-55(10,66)47(61)34(6)57(13)28-30(2)26-53(8,65)48(75-52-45(60)39(56(11)12)23-31(3)71-52)32(4)46(33(5)51(64)73-41)74-42-27-54(9,67-14)49(35(7)72-42)70-22-21-68-19-16-17-36-24-37-43-40(25-36)69-20-18-58(43)29-38(44(37)59)50(62)63/h16,19,24-25,29-35,39,41-42,45-49,52,60-61,65-66H,15,17-18,20-23,26-28H2,1-14H3,(H,62,63)/t30-,31-,32+,33-,34-,35+,39+,41-,42?,45-,46+,47+,48-,49+,52+,53-,54-,55-/m1/s1. The van der Waals surface area contributed by atoms with Crippen LogP contribution in [0.5, 0.6) is 5.75 Å². The first kappa shape index (κ1) is 60.5. The molecule has 6 rings (SSSR count). The number of carbonyl (C=O) groups excluding carboxylic acids is 1. The number of cyclic esters (lactones) is 1. The number of allylic oxidation sites excluding steroid dienone is 1. The molecule has 4 aliphatic heterocycles. The maximum Gasteiger partial charge on any atom is 0.341 e.